The highest BCUT2D eigenvalue weighted by atomic mass is 35.5. The second-order valence-corrected chi connectivity index (χ2v) is 14.5. The molecule has 1 spiro atoms. The molecule has 1 atom stereocenters. The molecule has 0 bridgehead atoms. The third-order valence-corrected chi connectivity index (χ3v) is 11.1. The maximum atomic E-state index is 16.9. The summed E-state index contributed by atoms with van der Waals surface area (Å²) >= 11 is 7.77. The third-order valence-electron chi connectivity index (χ3n) is 9.81. The van der Waals surface area contributed by atoms with Gasteiger partial charge in [0.25, 0.3) is 0 Å². The number of nitrogens with one attached hydrogen (secondary N) is 1. The molecule has 8 nitrogen and oxygen atoms in total. The number of alkyl halides is 1. The van der Waals surface area contributed by atoms with Crippen molar-refractivity contribution in [2.24, 2.45) is 5.41 Å². The molecule has 13 heteroatoms. The fourth-order valence-electron chi connectivity index (χ4n) is 6.99. The van der Waals surface area contributed by atoms with Crippen LogP contribution in [0.1, 0.15) is 37.7 Å². The van der Waals surface area contributed by atoms with Crippen molar-refractivity contribution in [3.63, 3.8) is 0 Å². The normalized spacial score (nSPS) is 21.9. The summed E-state index contributed by atoms with van der Waals surface area (Å²) in [5, 5.41) is 14.3. The van der Waals surface area contributed by atoms with Crippen LogP contribution in [0.3, 0.4) is 0 Å². The molecule has 4 heterocycles. The van der Waals surface area contributed by atoms with Crippen molar-refractivity contribution in [1.29, 1.82) is 5.26 Å². The minimum absolute atomic E-state index is 0.00603. The van der Waals surface area contributed by atoms with E-state index >= 15 is 4.39 Å². The van der Waals surface area contributed by atoms with Gasteiger partial charge in [-0.05, 0) is 49.8 Å². The maximum absolute atomic E-state index is 16.9. The van der Waals surface area contributed by atoms with Crippen molar-refractivity contribution < 1.29 is 17.9 Å². The first kappa shape index (κ1) is 29.1. The van der Waals surface area contributed by atoms with Gasteiger partial charge in [-0.3, -0.25) is 4.90 Å². The highest BCUT2D eigenvalue weighted by molar-refractivity contribution is 7.23. The Morgan fingerprint density at radius 1 is 1.20 bits per heavy atom. The van der Waals surface area contributed by atoms with Crippen molar-refractivity contribution in [2.75, 3.05) is 56.5 Å². The van der Waals surface area contributed by atoms with E-state index in [9.17, 15) is 14.0 Å². The van der Waals surface area contributed by atoms with Crippen molar-refractivity contribution in [3.05, 3.63) is 40.4 Å². The van der Waals surface area contributed by atoms with Crippen LogP contribution in [0.25, 0.3) is 32.1 Å². The van der Waals surface area contributed by atoms with Gasteiger partial charge in [-0.25, -0.2) is 13.2 Å². The van der Waals surface area contributed by atoms with Crippen LogP contribution >= 0.6 is 22.9 Å². The number of anilines is 2. The number of hydrogen-bond acceptors (Lipinski definition) is 9. The zero-order valence-corrected chi connectivity index (χ0v) is 26.0. The number of thiophene rings is 1. The minimum atomic E-state index is -0.789. The first-order valence-corrected chi connectivity index (χ1v) is 16.5. The van der Waals surface area contributed by atoms with E-state index in [2.05, 4.69) is 20.1 Å². The molecular weight excluding hydrogens is 623 g/mol. The Bertz CT molecular complexity index is 1900. The number of nitriles is 1. The summed E-state index contributed by atoms with van der Waals surface area (Å²) < 4.78 is 51.9. The van der Waals surface area contributed by atoms with Crippen molar-refractivity contribution in [2.45, 2.75) is 43.8 Å². The molecule has 8 rings (SSSR count). The summed E-state index contributed by atoms with van der Waals surface area (Å²) in [6.45, 7) is 4.40. The van der Waals surface area contributed by atoms with E-state index in [0.29, 0.717) is 43.9 Å². The number of aromatic nitrogens is 2. The number of fused-ring (bicyclic) bond motifs is 2. The van der Waals surface area contributed by atoms with Gasteiger partial charge < -0.3 is 20.7 Å². The number of piperazine rings is 1. The van der Waals surface area contributed by atoms with Crippen LogP contribution < -0.4 is 20.7 Å². The SMILES string of the molecule is N#Cc1c(N)sc2c(F)ccc(-c3c(Cl)cc4c(N5CCNC6(CC6)C5)nc(OCC5(CN6CC[C@@H](F)C6)CC5)nc4c3F)c12. The van der Waals surface area contributed by atoms with Gasteiger partial charge in [0.1, 0.15) is 34.4 Å². The topological polar surface area (TPSA) is 103 Å². The summed E-state index contributed by atoms with van der Waals surface area (Å²) in [5.41, 5.74) is 6.35. The van der Waals surface area contributed by atoms with Crippen LogP contribution in [0.4, 0.5) is 24.0 Å². The minimum Gasteiger partial charge on any atom is -0.463 e. The summed E-state index contributed by atoms with van der Waals surface area (Å²) in [7, 11) is 0. The molecule has 2 saturated heterocycles. The Hall–Kier alpha value is -3.37. The second-order valence-electron chi connectivity index (χ2n) is 13.1. The molecule has 2 aliphatic carbocycles. The van der Waals surface area contributed by atoms with Gasteiger partial charge in [0.15, 0.2) is 5.82 Å². The first-order valence-electron chi connectivity index (χ1n) is 15.3. The number of likely N-dealkylation sites (tertiary alicyclic amines) is 1. The lowest BCUT2D eigenvalue weighted by atomic mass is 9.97. The second kappa shape index (κ2) is 10.6. The number of rotatable bonds is 7. The number of nitrogens with two attached hydrogens (primary N) is 1. The lowest BCUT2D eigenvalue weighted by Crippen LogP contribution is -2.52. The highest BCUT2D eigenvalue weighted by Gasteiger charge is 2.47. The number of nitrogen functional groups attached to an aromatic ring is 1. The Kier molecular flexibility index (Phi) is 6.84. The summed E-state index contributed by atoms with van der Waals surface area (Å²) in [6.07, 6.45) is 3.79. The Morgan fingerprint density at radius 3 is 2.73 bits per heavy atom. The van der Waals surface area contributed by atoms with Gasteiger partial charge in [-0.1, -0.05) is 17.7 Å². The molecule has 2 aromatic carbocycles. The number of hydrogen-bond donors (Lipinski definition) is 2. The Morgan fingerprint density at radius 2 is 2.02 bits per heavy atom. The zero-order chi connectivity index (χ0) is 31.1. The zero-order valence-electron chi connectivity index (χ0n) is 24.4. The van der Waals surface area contributed by atoms with E-state index in [1.54, 1.807) is 6.07 Å². The number of nitrogens with zero attached hydrogens (tertiary/aromatic N) is 5. The largest absolute Gasteiger partial charge is 0.463 e. The highest BCUT2D eigenvalue weighted by Crippen LogP contribution is 2.48. The van der Waals surface area contributed by atoms with Gasteiger partial charge in [-0.15, -0.1) is 11.3 Å². The van der Waals surface area contributed by atoms with Crippen LogP contribution in [0.5, 0.6) is 6.01 Å². The van der Waals surface area contributed by atoms with E-state index in [0.717, 1.165) is 56.7 Å². The predicted octanol–water partition coefficient (Wildman–Crippen LogP) is 6.04. The molecule has 234 valence electrons. The molecule has 0 radical (unpaired) electrons. The average molecular weight is 654 g/mol. The van der Waals surface area contributed by atoms with Crippen LogP contribution in [0.2, 0.25) is 5.02 Å². The monoisotopic (exact) mass is 653 g/mol. The molecule has 4 fully saturated rings. The van der Waals surface area contributed by atoms with Crippen LogP contribution in [0, 0.1) is 28.4 Å². The van der Waals surface area contributed by atoms with Crippen LogP contribution in [-0.2, 0) is 0 Å². The Balaban J connectivity index is 1.23. The van der Waals surface area contributed by atoms with Gasteiger partial charge in [0, 0.05) is 66.6 Å². The maximum Gasteiger partial charge on any atom is 0.319 e. The van der Waals surface area contributed by atoms with Gasteiger partial charge in [0.05, 0.1) is 21.9 Å². The van der Waals surface area contributed by atoms with E-state index in [4.69, 9.17) is 27.1 Å². The predicted molar refractivity (Wildman–Crippen MR) is 170 cm³/mol. The standard InChI is InChI=1S/C32H31ClF3N7OS/c33-21-11-19-26(25(36)24(21)18-1-2-22(35)27-23(18)20(12-37)28(38)45-27)40-30(41-29(19)43-10-8-39-32(15-43)6-7-32)44-16-31(4-5-31)14-42-9-3-17(34)13-42/h1-2,11,17,39H,3-10,13-16,38H2/t17-/m1/s1. The smallest absolute Gasteiger partial charge is 0.319 e. The molecule has 2 aliphatic heterocycles. The quantitative estimate of drug-likeness (QED) is 0.249. The molecule has 2 aromatic heterocycles. The average Bonchev–Trinajstić information content (AvgIpc) is 3.88. The molecule has 2 saturated carbocycles. The van der Waals surface area contributed by atoms with Crippen LogP contribution in [0.15, 0.2) is 18.2 Å². The van der Waals surface area contributed by atoms with Crippen molar-refractivity contribution in [3.8, 4) is 23.2 Å². The summed E-state index contributed by atoms with van der Waals surface area (Å²) in [5.74, 6) is -0.722. The number of benzene rings is 2. The molecular formula is C32H31ClF3N7OS. The lowest BCUT2D eigenvalue weighted by molar-refractivity contribution is 0.165. The van der Waals surface area contributed by atoms with Gasteiger partial charge >= 0.3 is 6.01 Å². The fourth-order valence-corrected chi connectivity index (χ4v) is 8.23. The molecule has 4 aliphatic rings. The molecule has 0 amide bonds. The van der Waals surface area contributed by atoms with Crippen molar-refractivity contribution in [1.82, 2.24) is 20.2 Å². The fraction of sp³-hybridized carbons (Fsp3) is 0.469. The van der Waals surface area contributed by atoms with E-state index < -0.39 is 17.8 Å². The van der Waals surface area contributed by atoms with E-state index in [1.807, 2.05) is 6.07 Å². The Labute approximate surface area is 266 Å². The van der Waals surface area contributed by atoms with E-state index in [-0.39, 0.29) is 59.3 Å². The lowest BCUT2D eigenvalue weighted by Gasteiger charge is -2.35. The molecule has 3 N–H and O–H groups in total. The van der Waals surface area contributed by atoms with E-state index in [1.165, 1.54) is 12.1 Å². The number of ether oxygens (including phenoxy) is 1. The van der Waals surface area contributed by atoms with Gasteiger partial charge in [0.2, 0.25) is 0 Å². The molecule has 0 unspecified atom stereocenters. The third kappa shape index (κ3) is 5.04. The summed E-state index contributed by atoms with van der Waals surface area (Å²) in [4.78, 5) is 13.7. The number of halogens is 4. The molecule has 4 aromatic rings. The first-order chi connectivity index (χ1) is 21.7. The van der Waals surface area contributed by atoms with Gasteiger partial charge in [-0.2, -0.15) is 15.2 Å². The summed E-state index contributed by atoms with van der Waals surface area (Å²) in [6, 6.07) is 6.40. The molecule has 45 heavy (non-hydrogen) atoms. The van der Waals surface area contributed by atoms with Crippen LogP contribution in [-0.4, -0.2) is 72.5 Å². The van der Waals surface area contributed by atoms with Crippen molar-refractivity contribution >= 4 is 54.7 Å².